The summed E-state index contributed by atoms with van der Waals surface area (Å²) in [5.74, 6) is -1.07. The zero-order chi connectivity index (χ0) is 19.7. The van der Waals surface area contributed by atoms with Crippen molar-refractivity contribution < 1.29 is 8.78 Å². The van der Waals surface area contributed by atoms with Crippen LogP contribution in [0.25, 0.3) is 11.4 Å². The first-order valence-corrected chi connectivity index (χ1v) is 8.68. The fourth-order valence-electron chi connectivity index (χ4n) is 3.32. The second-order valence-electron chi connectivity index (χ2n) is 6.57. The Balaban J connectivity index is 1.63. The summed E-state index contributed by atoms with van der Waals surface area (Å²) in [6.45, 7) is 0.809. The quantitative estimate of drug-likeness (QED) is 0.756. The number of benzene rings is 1. The Morgan fingerprint density at radius 1 is 1.21 bits per heavy atom. The number of pyridine rings is 1. The van der Waals surface area contributed by atoms with Crippen molar-refractivity contribution in [2.45, 2.75) is 19.5 Å². The number of hydrogen-bond donors (Lipinski definition) is 1. The number of fused-ring (bicyclic) bond motifs is 1. The number of nitrogens with zero attached hydrogens (tertiary/aromatic N) is 4. The molecule has 3 aromatic rings. The molecule has 0 unspecified atom stereocenters. The van der Waals surface area contributed by atoms with Crippen LogP contribution < -0.4 is 5.56 Å². The van der Waals surface area contributed by atoms with Crippen molar-refractivity contribution >= 4 is 0 Å². The van der Waals surface area contributed by atoms with Crippen molar-refractivity contribution in [2.24, 2.45) is 0 Å². The van der Waals surface area contributed by atoms with Crippen molar-refractivity contribution in [1.82, 2.24) is 19.9 Å². The fourth-order valence-corrected chi connectivity index (χ4v) is 3.32. The van der Waals surface area contributed by atoms with Gasteiger partial charge in [-0.1, -0.05) is 0 Å². The molecule has 1 aliphatic heterocycles. The van der Waals surface area contributed by atoms with Crippen LogP contribution in [0, 0.1) is 23.0 Å². The number of H-pyrrole nitrogens is 1. The van der Waals surface area contributed by atoms with Gasteiger partial charge in [-0.05, 0) is 30.7 Å². The molecule has 3 heterocycles. The zero-order valence-corrected chi connectivity index (χ0v) is 14.7. The summed E-state index contributed by atoms with van der Waals surface area (Å²) in [5.41, 5.74) is 1.56. The highest BCUT2D eigenvalue weighted by atomic mass is 19.1. The number of halogens is 2. The molecule has 2 aromatic heterocycles. The highest BCUT2D eigenvalue weighted by Crippen LogP contribution is 2.22. The Labute approximate surface area is 159 Å². The molecule has 0 saturated carbocycles. The van der Waals surface area contributed by atoms with Gasteiger partial charge in [-0.15, -0.1) is 0 Å². The first-order valence-electron chi connectivity index (χ1n) is 8.68. The predicted octanol–water partition coefficient (Wildman–Crippen LogP) is 2.54. The lowest BCUT2D eigenvalue weighted by atomic mass is 10.0. The molecule has 0 spiro atoms. The fraction of sp³-hybridized carbons (Fsp3) is 0.200. The number of nitrogens with one attached hydrogen (secondary N) is 1. The molecule has 0 atom stereocenters. The lowest BCUT2D eigenvalue weighted by Crippen LogP contribution is -2.35. The van der Waals surface area contributed by atoms with Gasteiger partial charge in [0, 0.05) is 48.7 Å². The van der Waals surface area contributed by atoms with E-state index in [9.17, 15) is 13.6 Å². The van der Waals surface area contributed by atoms with E-state index in [1.165, 1.54) is 0 Å². The predicted molar refractivity (Wildman–Crippen MR) is 97.0 cm³/mol. The summed E-state index contributed by atoms with van der Waals surface area (Å²) in [6, 6.07) is 7.28. The Morgan fingerprint density at radius 2 is 1.93 bits per heavy atom. The Morgan fingerprint density at radius 3 is 2.61 bits per heavy atom. The average molecular weight is 379 g/mol. The molecule has 1 N–H and O–H groups in total. The van der Waals surface area contributed by atoms with E-state index in [-0.39, 0.29) is 23.2 Å². The summed E-state index contributed by atoms with van der Waals surface area (Å²) >= 11 is 0. The van der Waals surface area contributed by atoms with Crippen LogP contribution in [0.5, 0.6) is 0 Å². The molecule has 1 aliphatic rings. The molecule has 0 saturated heterocycles. The van der Waals surface area contributed by atoms with Crippen LogP contribution in [0.2, 0.25) is 0 Å². The molecule has 0 amide bonds. The lowest BCUT2D eigenvalue weighted by Gasteiger charge is -2.28. The largest absolute Gasteiger partial charge is 0.306 e. The van der Waals surface area contributed by atoms with E-state index in [4.69, 9.17) is 5.26 Å². The maximum atomic E-state index is 14.2. The van der Waals surface area contributed by atoms with Gasteiger partial charge in [-0.3, -0.25) is 14.7 Å². The molecular formula is C20H15F2N5O. The Kier molecular flexibility index (Phi) is 4.67. The number of aromatic nitrogens is 3. The smallest absolute Gasteiger partial charge is 0.254 e. The molecule has 0 radical (unpaired) electrons. The molecule has 140 valence electrons. The lowest BCUT2D eigenvalue weighted by molar-refractivity contribution is 0.233. The third-order valence-corrected chi connectivity index (χ3v) is 4.76. The normalized spacial score (nSPS) is 13.8. The van der Waals surface area contributed by atoms with Crippen molar-refractivity contribution in [3.63, 3.8) is 0 Å². The minimum Gasteiger partial charge on any atom is -0.306 e. The van der Waals surface area contributed by atoms with Gasteiger partial charge in [-0.2, -0.15) is 5.26 Å². The summed E-state index contributed by atoms with van der Waals surface area (Å²) < 4.78 is 28.4. The van der Waals surface area contributed by atoms with Gasteiger partial charge in [0.2, 0.25) is 0 Å². The molecule has 8 heteroatoms. The van der Waals surface area contributed by atoms with Gasteiger partial charge in [0.05, 0.1) is 17.3 Å². The van der Waals surface area contributed by atoms with Gasteiger partial charge < -0.3 is 4.98 Å². The van der Waals surface area contributed by atoms with Crippen molar-refractivity contribution in [3.8, 4) is 17.5 Å². The molecule has 0 bridgehead atoms. The van der Waals surface area contributed by atoms with Crippen LogP contribution in [0.1, 0.15) is 22.4 Å². The summed E-state index contributed by atoms with van der Waals surface area (Å²) in [6.07, 6.45) is 3.66. The van der Waals surface area contributed by atoms with Gasteiger partial charge >= 0.3 is 0 Å². The Bertz CT molecular complexity index is 1110. The van der Waals surface area contributed by atoms with Crippen LogP contribution >= 0.6 is 0 Å². The SMILES string of the molecule is N#Cc1cc(F)c(CN2CCc3c(nc(-c4ccncc4)[nH]c3=O)C2)c(F)c1. The summed E-state index contributed by atoms with van der Waals surface area (Å²) in [4.78, 5) is 25.5. The molecule has 28 heavy (non-hydrogen) atoms. The second-order valence-corrected chi connectivity index (χ2v) is 6.57. The summed E-state index contributed by atoms with van der Waals surface area (Å²) in [7, 11) is 0. The maximum absolute atomic E-state index is 14.2. The molecular weight excluding hydrogens is 364 g/mol. The van der Waals surface area contributed by atoms with Crippen molar-refractivity contribution in [1.29, 1.82) is 5.26 Å². The average Bonchev–Trinajstić information content (AvgIpc) is 2.71. The number of hydrogen-bond acceptors (Lipinski definition) is 5. The van der Waals surface area contributed by atoms with Crippen LogP contribution in [-0.4, -0.2) is 26.4 Å². The number of aromatic amines is 1. The van der Waals surface area contributed by atoms with E-state index >= 15 is 0 Å². The minimum absolute atomic E-state index is 0.0296. The standard InChI is InChI=1S/C20H15F2N5O/c21-16-7-12(9-23)8-17(22)15(16)10-27-6-3-14-18(11-27)25-19(26-20(14)28)13-1-4-24-5-2-13/h1-2,4-5,7-8H,3,6,10-11H2,(H,25,26,28). The molecule has 0 aliphatic carbocycles. The highest BCUT2D eigenvalue weighted by molar-refractivity contribution is 5.54. The van der Waals surface area contributed by atoms with Gasteiger partial charge in [-0.25, -0.2) is 13.8 Å². The third-order valence-electron chi connectivity index (χ3n) is 4.76. The van der Waals surface area contributed by atoms with Gasteiger partial charge in [0.25, 0.3) is 5.56 Å². The van der Waals surface area contributed by atoms with Crippen molar-refractivity contribution in [3.05, 3.63) is 81.0 Å². The maximum Gasteiger partial charge on any atom is 0.254 e. The van der Waals surface area contributed by atoms with Crippen molar-refractivity contribution in [2.75, 3.05) is 6.54 Å². The molecule has 0 fully saturated rings. The van der Waals surface area contributed by atoms with E-state index in [0.717, 1.165) is 17.7 Å². The van der Waals surface area contributed by atoms with E-state index in [1.807, 2.05) is 4.90 Å². The van der Waals surface area contributed by atoms with Crippen LogP contribution in [0.4, 0.5) is 8.78 Å². The number of nitriles is 1. The van der Waals surface area contributed by atoms with Crippen LogP contribution in [0.15, 0.2) is 41.5 Å². The van der Waals surface area contributed by atoms with E-state index < -0.39 is 11.6 Å². The minimum atomic E-state index is -0.751. The van der Waals surface area contributed by atoms with Crippen LogP contribution in [-0.2, 0) is 19.5 Å². The highest BCUT2D eigenvalue weighted by Gasteiger charge is 2.23. The monoisotopic (exact) mass is 379 g/mol. The molecule has 6 nitrogen and oxygen atoms in total. The molecule has 4 rings (SSSR count). The topological polar surface area (TPSA) is 85.7 Å². The van der Waals surface area contributed by atoms with E-state index in [0.29, 0.717) is 36.6 Å². The van der Waals surface area contributed by atoms with E-state index in [1.54, 1.807) is 30.6 Å². The second kappa shape index (κ2) is 7.29. The third kappa shape index (κ3) is 3.40. The summed E-state index contributed by atoms with van der Waals surface area (Å²) in [5, 5.41) is 8.82. The Hall–Kier alpha value is -3.44. The first-order chi connectivity index (χ1) is 13.5. The van der Waals surface area contributed by atoms with Crippen LogP contribution in [0.3, 0.4) is 0 Å². The zero-order valence-electron chi connectivity index (χ0n) is 14.7. The van der Waals surface area contributed by atoms with Gasteiger partial charge in [0.1, 0.15) is 17.5 Å². The number of rotatable bonds is 3. The molecule has 1 aromatic carbocycles. The van der Waals surface area contributed by atoms with Gasteiger partial charge in [0.15, 0.2) is 0 Å². The van der Waals surface area contributed by atoms with E-state index in [2.05, 4.69) is 15.0 Å². The first kappa shape index (κ1) is 17.9.